The molecule has 1 heterocycles. The second-order valence-corrected chi connectivity index (χ2v) is 6.69. The maximum absolute atomic E-state index is 14.0. The van der Waals surface area contributed by atoms with E-state index in [9.17, 15) is 9.18 Å². The fourth-order valence-electron chi connectivity index (χ4n) is 2.83. The van der Waals surface area contributed by atoms with Crippen LogP contribution < -0.4 is 9.47 Å². The van der Waals surface area contributed by atoms with Gasteiger partial charge in [0.1, 0.15) is 11.2 Å². The molecule has 4 nitrogen and oxygen atoms in total. The van der Waals surface area contributed by atoms with Crippen LogP contribution in [0.2, 0.25) is 0 Å². The molecule has 0 radical (unpaired) electrons. The van der Waals surface area contributed by atoms with Gasteiger partial charge in [0.2, 0.25) is 5.91 Å². The fourth-order valence-corrected chi connectivity index (χ4v) is 4.00. The van der Waals surface area contributed by atoms with E-state index in [-0.39, 0.29) is 23.6 Å². The van der Waals surface area contributed by atoms with Gasteiger partial charge in [0.25, 0.3) is 0 Å². The van der Waals surface area contributed by atoms with Gasteiger partial charge in [-0.05, 0) is 30.7 Å². The van der Waals surface area contributed by atoms with Gasteiger partial charge in [-0.15, -0.1) is 11.8 Å². The minimum atomic E-state index is -0.296. The number of carbonyl (C=O) groups excluding carboxylic acids is 1. The Kier molecular flexibility index (Phi) is 5.48. The van der Waals surface area contributed by atoms with Crippen molar-refractivity contribution in [2.24, 2.45) is 0 Å². The van der Waals surface area contributed by atoms with Crippen molar-refractivity contribution in [3.8, 4) is 11.5 Å². The summed E-state index contributed by atoms with van der Waals surface area (Å²) < 4.78 is 24.9. The predicted molar refractivity (Wildman–Crippen MR) is 96.3 cm³/mol. The molecule has 1 fully saturated rings. The zero-order chi connectivity index (χ0) is 17.8. The Morgan fingerprint density at radius 3 is 2.76 bits per heavy atom. The van der Waals surface area contributed by atoms with Crippen molar-refractivity contribution in [1.82, 2.24) is 4.90 Å². The van der Waals surface area contributed by atoms with Gasteiger partial charge in [0.05, 0.1) is 19.5 Å². The summed E-state index contributed by atoms with van der Waals surface area (Å²) in [6, 6.07) is 12.2. The van der Waals surface area contributed by atoms with Crippen LogP contribution >= 0.6 is 11.8 Å². The number of carbonyl (C=O) groups is 1. The normalized spacial score (nSPS) is 17.0. The summed E-state index contributed by atoms with van der Waals surface area (Å²) in [6.45, 7) is 2.68. The Hall–Kier alpha value is -2.21. The van der Waals surface area contributed by atoms with Crippen LogP contribution in [0.3, 0.4) is 0 Å². The van der Waals surface area contributed by atoms with E-state index >= 15 is 0 Å². The molecule has 2 aromatic rings. The first-order chi connectivity index (χ1) is 12.1. The number of ether oxygens (including phenoxy) is 2. The van der Waals surface area contributed by atoms with Crippen molar-refractivity contribution in [1.29, 1.82) is 0 Å². The molecule has 0 saturated carbocycles. The lowest BCUT2D eigenvalue weighted by atomic mass is 10.1. The van der Waals surface area contributed by atoms with E-state index in [2.05, 4.69) is 0 Å². The molecule has 3 rings (SSSR count). The first-order valence-corrected chi connectivity index (χ1v) is 9.14. The summed E-state index contributed by atoms with van der Waals surface area (Å²) in [4.78, 5) is 14.0. The van der Waals surface area contributed by atoms with Crippen molar-refractivity contribution in [3.05, 3.63) is 59.4 Å². The number of thioether (sulfide) groups is 1. The monoisotopic (exact) mass is 361 g/mol. The van der Waals surface area contributed by atoms with Crippen LogP contribution in [0.15, 0.2) is 42.5 Å². The van der Waals surface area contributed by atoms with E-state index in [1.807, 2.05) is 25.1 Å². The Bertz CT molecular complexity index is 768. The summed E-state index contributed by atoms with van der Waals surface area (Å²) in [5.74, 6) is 1.39. The summed E-state index contributed by atoms with van der Waals surface area (Å²) in [5, 5.41) is -0.169. The highest BCUT2D eigenvalue weighted by Gasteiger charge is 2.33. The third kappa shape index (κ3) is 3.74. The Balaban J connectivity index is 1.89. The molecule has 1 atom stereocenters. The zero-order valence-electron chi connectivity index (χ0n) is 14.2. The average molecular weight is 361 g/mol. The van der Waals surface area contributed by atoms with E-state index < -0.39 is 0 Å². The number of rotatable bonds is 6. The van der Waals surface area contributed by atoms with E-state index in [0.29, 0.717) is 29.4 Å². The smallest absolute Gasteiger partial charge is 0.234 e. The van der Waals surface area contributed by atoms with Crippen molar-refractivity contribution in [2.75, 3.05) is 19.5 Å². The fraction of sp³-hybridized carbons (Fsp3) is 0.316. The number of methoxy groups -OCH3 is 1. The third-order valence-corrected chi connectivity index (χ3v) is 5.30. The van der Waals surface area contributed by atoms with Crippen molar-refractivity contribution >= 4 is 17.7 Å². The van der Waals surface area contributed by atoms with Crippen LogP contribution in [-0.4, -0.2) is 30.3 Å². The quantitative estimate of drug-likeness (QED) is 0.779. The van der Waals surface area contributed by atoms with Gasteiger partial charge in [0.15, 0.2) is 11.5 Å². The Morgan fingerprint density at radius 1 is 1.24 bits per heavy atom. The molecule has 1 amide bonds. The second kappa shape index (κ2) is 7.78. The van der Waals surface area contributed by atoms with Gasteiger partial charge in [-0.2, -0.15) is 0 Å². The molecule has 1 saturated heterocycles. The minimum Gasteiger partial charge on any atom is -0.493 e. The zero-order valence-corrected chi connectivity index (χ0v) is 15.0. The van der Waals surface area contributed by atoms with Gasteiger partial charge < -0.3 is 14.4 Å². The number of hydrogen-bond donors (Lipinski definition) is 0. The summed E-state index contributed by atoms with van der Waals surface area (Å²) in [7, 11) is 1.59. The second-order valence-electron chi connectivity index (χ2n) is 5.62. The summed E-state index contributed by atoms with van der Waals surface area (Å²) in [5.41, 5.74) is 1.46. The molecule has 1 aliphatic heterocycles. The summed E-state index contributed by atoms with van der Waals surface area (Å²) >= 11 is 1.53. The van der Waals surface area contributed by atoms with Crippen molar-refractivity contribution in [3.63, 3.8) is 0 Å². The van der Waals surface area contributed by atoms with Crippen LogP contribution in [0.4, 0.5) is 4.39 Å². The Morgan fingerprint density at radius 2 is 2.04 bits per heavy atom. The van der Waals surface area contributed by atoms with E-state index in [4.69, 9.17) is 9.47 Å². The molecule has 1 aliphatic rings. The molecule has 2 aromatic carbocycles. The molecule has 0 bridgehead atoms. The highest BCUT2D eigenvalue weighted by atomic mass is 32.2. The first kappa shape index (κ1) is 17.6. The van der Waals surface area contributed by atoms with E-state index in [0.717, 1.165) is 5.56 Å². The van der Waals surface area contributed by atoms with Gasteiger partial charge in [-0.1, -0.05) is 24.3 Å². The molecule has 0 N–H and O–H groups in total. The standard InChI is InChI=1S/C19H20FNO3S/c1-3-24-17-10-13(8-9-16(17)23-2)19-21(18(22)12-25-19)11-14-6-4-5-7-15(14)20/h4-10,19H,3,11-12H2,1-2H3. The minimum absolute atomic E-state index is 0.00651. The Labute approximate surface area is 150 Å². The lowest BCUT2D eigenvalue weighted by Gasteiger charge is -2.25. The maximum atomic E-state index is 14.0. The summed E-state index contributed by atoms with van der Waals surface area (Å²) in [6.07, 6.45) is 0. The number of hydrogen-bond acceptors (Lipinski definition) is 4. The predicted octanol–water partition coefficient (Wildman–Crippen LogP) is 4.01. The molecular formula is C19H20FNO3S. The molecule has 0 aromatic heterocycles. The van der Waals surface area contributed by atoms with Crippen LogP contribution in [0.25, 0.3) is 0 Å². The van der Waals surface area contributed by atoms with Crippen molar-refractivity contribution in [2.45, 2.75) is 18.8 Å². The van der Waals surface area contributed by atoms with Crippen LogP contribution in [0.5, 0.6) is 11.5 Å². The largest absolute Gasteiger partial charge is 0.493 e. The highest BCUT2D eigenvalue weighted by molar-refractivity contribution is 8.00. The molecular weight excluding hydrogens is 341 g/mol. The number of amides is 1. The van der Waals surface area contributed by atoms with E-state index in [1.54, 1.807) is 30.2 Å². The van der Waals surface area contributed by atoms with Gasteiger partial charge in [-0.3, -0.25) is 4.79 Å². The van der Waals surface area contributed by atoms with Gasteiger partial charge >= 0.3 is 0 Å². The lowest BCUT2D eigenvalue weighted by molar-refractivity contribution is -0.128. The van der Waals surface area contributed by atoms with Crippen LogP contribution in [-0.2, 0) is 11.3 Å². The van der Waals surface area contributed by atoms with E-state index in [1.165, 1.54) is 17.8 Å². The third-order valence-electron chi connectivity index (χ3n) is 4.04. The molecule has 1 unspecified atom stereocenters. The highest BCUT2D eigenvalue weighted by Crippen LogP contribution is 2.42. The number of nitrogens with zero attached hydrogens (tertiary/aromatic N) is 1. The topological polar surface area (TPSA) is 38.8 Å². The first-order valence-electron chi connectivity index (χ1n) is 8.09. The molecule has 132 valence electrons. The van der Waals surface area contributed by atoms with Crippen LogP contribution in [0.1, 0.15) is 23.4 Å². The van der Waals surface area contributed by atoms with Crippen molar-refractivity contribution < 1.29 is 18.7 Å². The molecule has 6 heteroatoms. The molecule has 0 aliphatic carbocycles. The number of halogens is 1. The lowest BCUT2D eigenvalue weighted by Crippen LogP contribution is -2.28. The SMILES string of the molecule is CCOc1cc(C2SCC(=O)N2Cc2ccccc2F)ccc1OC. The van der Waals surface area contributed by atoms with Gasteiger partial charge in [-0.25, -0.2) is 4.39 Å². The number of benzene rings is 2. The van der Waals surface area contributed by atoms with Gasteiger partial charge in [0, 0.05) is 12.1 Å². The maximum Gasteiger partial charge on any atom is 0.234 e. The van der Waals surface area contributed by atoms with Crippen LogP contribution in [0, 0.1) is 5.82 Å². The average Bonchev–Trinajstić information content (AvgIpc) is 2.98. The molecule has 25 heavy (non-hydrogen) atoms. The molecule has 0 spiro atoms.